The van der Waals surface area contributed by atoms with Gasteiger partial charge in [-0.05, 0) is 24.3 Å². The molecule has 0 saturated heterocycles. The molecule has 6 nitrogen and oxygen atoms in total. The van der Waals surface area contributed by atoms with Gasteiger partial charge in [-0.25, -0.2) is 30.8 Å². The lowest BCUT2D eigenvalue weighted by atomic mass is 10.2. The van der Waals surface area contributed by atoms with Gasteiger partial charge in [0.1, 0.15) is 17.5 Å². The average molecular weight is 438 g/mol. The smallest absolute Gasteiger partial charge is 0.211 e. The van der Waals surface area contributed by atoms with Gasteiger partial charge < -0.3 is 0 Å². The molecule has 0 aliphatic carbocycles. The van der Waals surface area contributed by atoms with Gasteiger partial charge in [0.05, 0.1) is 5.69 Å². The Bertz CT molecular complexity index is 1280. The Hall–Kier alpha value is -2.76. The van der Waals surface area contributed by atoms with Crippen molar-refractivity contribution in [3.8, 4) is 11.4 Å². The number of halogens is 3. The van der Waals surface area contributed by atoms with E-state index in [1.807, 2.05) is 0 Å². The van der Waals surface area contributed by atoms with E-state index >= 15 is 0 Å². The minimum absolute atomic E-state index is 0.100. The highest BCUT2D eigenvalue weighted by atomic mass is 32.2. The molecule has 0 bridgehead atoms. The van der Waals surface area contributed by atoms with Gasteiger partial charge in [0.2, 0.25) is 15.0 Å². The van der Waals surface area contributed by atoms with E-state index in [0.29, 0.717) is 22.0 Å². The Morgan fingerprint density at radius 3 is 2.52 bits per heavy atom. The SMILES string of the molecule is O=S(=O)(NCCc1csc2nc(-c3cccc(F)c3)nn12)c1c(F)cccc1F. The van der Waals surface area contributed by atoms with Gasteiger partial charge in [0.15, 0.2) is 10.7 Å². The molecular weight excluding hydrogens is 425 g/mol. The summed E-state index contributed by atoms with van der Waals surface area (Å²) in [6, 6.07) is 8.71. The second-order valence-corrected chi connectivity index (χ2v) is 8.61. The molecule has 1 N–H and O–H groups in total. The van der Waals surface area contributed by atoms with Crippen LogP contribution in [-0.4, -0.2) is 29.6 Å². The third kappa shape index (κ3) is 3.88. The number of fused-ring (bicyclic) bond motifs is 1. The maximum Gasteiger partial charge on any atom is 0.246 e. The first-order valence-electron chi connectivity index (χ1n) is 8.38. The van der Waals surface area contributed by atoms with E-state index < -0.39 is 32.4 Å². The quantitative estimate of drug-likeness (QED) is 0.501. The Balaban J connectivity index is 1.52. The highest BCUT2D eigenvalue weighted by molar-refractivity contribution is 7.89. The monoisotopic (exact) mass is 438 g/mol. The molecule has 0 atom stereocenters. The number of nitrogens with one attached hydrogen (secondary N) is 1. The maximum absolute atomic E-state index is 13.7. The standard InChI is InChI=1S/C18H13F3N4O2S2/c19-12-4-1-3-11(9-12)17-23-18-25(24-17)13(10-28-18)7-8-22-29(26,27)16-14(20)5-2-6-15(16)21/h1-6,9-10,22H,7-8H2. The summed E-state index contributed by atoms with van der Waals surface area (Å²) in [7, 11) is -4.35. The molecule has 4 rings (SSSR count). The molecule has 11 heteroatoms. The van der Waals surface area contributed by atoms with Gasteiger partial charge in [0, 0.05) is 23.9 Å². The highest BCUT2D eigenvalue weighted by Crippen LogP contribution is 2.22. The van der Waals surface area contributed by atoms with E-state index in [0.717, 1.165) is 18.2 Å². The maximum atomic E-state index is 13.7. The van der Waals surface area contributed by atoms with Crippen molar-refractivity contribution in [1.82, 2.24) is 19.3 Å². The summed E-state index contributed by atoms with van der Waals surface area (Å²) in [5.41, 5.74) is 1.17. The summed E-state index contributed by atoms with van der Waals surface area (Å²) in [4.78, 5) is 3.89. The van der Waals surface area contributed by atoms with Gasteiger partial charge >= 0.3 is 0 Å². The minimum atomic E-state index is -4.35. The molecule has 0 aliphatic rings. The van der Waals surface area contributed by atoms with E-state index in [4.69, 9.17) is 0 Å². The number of benzene rings is 2. The van der Waals surface area contributed by atoms with E-state index in [1.165, 1.54) is 28.0 Å². The van der Waals surface area contributed by atoms with Gasteiger partial charge in [-0.3, -0.25) is 0 Å². The summed E-state index contributed by atoms with van der Waals surface area (Å²) in [5, 5.41) is 6.09. The molecule has 0 radical (unpaired) electrons. The first-order chi connectivity index (χ1) is 13.8. The van der Waals surface area contributed by atoms with Crippen LogP contribution in [0.2, 0.25) is 0 Å². The summed E-state index contributed by atoms with van der Waals surface area (Å²) in [6.07, 6.45) is 0.210. The van der Waals surface area contributed by atoms with Crippen molar-refractivity contribution in [2.75, 3.05) is 6.54 Å². The van der Waals surface area contributed by atoms with Crippen molar-refractivity contribution in [2.45, 2.75) is 11.3 Å². The van der Waals surface area contributed by atoms with Crippen LogP contribution in [0.25, 0.3) is 16.3 Å². The highest BCUT2D eigenvalue weighted by Gasteiger charge is 2.23. The third-order valence-electron chi connectivity index (χ3n) is 4.09. The van der Waals surface area contributed by atoms with Crippen molar-refractivity contribution in [2.24, 2.45) is 0 Å². The van der Waals surface area contributed by atoms with E-state index in [2.05, 4.69) is 14.8 Å². The fourth-order valence-corrected chi connectivity index (χ4v) is 4.79. The van der Waals surface area contributed by atoms with Crippen LogP contribution in [0.5, 0.6) is 0 Å². The molecule has 2 aromatic carbocycles. The fraction of sp³-hybridized carbons (Fsp3) is 0.111. The topological polar surface area (TPSA) is 76.4 Å². The van der Waals surface area contributed by atoms with Crippen LogP contribution < -0.4 is 4.72 Å². The lowest BCUT2D eigenvalue weighted by molar-refractivity contribution is 0.514. The van der Waals surface area contributed by atoms with Crippen molar-refractivity contribution >= 4 is 26.3 Å². The van der Waals surface area contributed by atoms with Crippen LogP contribution >= 0.6 is 11.3 Å². The first kappa shape index (κ1) is 19.6. The number of hydrogen-bond donors (Lipinski definition) is 1. The van der Waals surface area contributed by atoms with Gasteiger partial charge in [-0.15, -0.1) is 16.4 Å². The van der Waals surface area contributed by atoms with Crippen LogP contribution in [0.3, 0.4) is 0 Å². The van der Waals surface area contributed by atoms with Gasteiger partial charge in [-0.1, -0.05) is 18.2 Å². The van der Waals surface area contributed by atoms with Crippen molar-refractivity contribution in [3.05, 3.63) is 71.0 Å². The molecule has 2 heterocycles. The predicted molar refractivity (Wildman–Crippen MR) is 102 cm³/mol. The molecule has 0 amide bonds. The molecule has 29 heavy (non-hydrogen) atoms. The Kier molecular flexibility index (Phi) is 5.11. The Labute approximate surface area is 167 Å². The number of nitrogens with zero attached hydrogens (tertiary/aromatic N) is 3. The number of aromatic nitrogens is 3. The third-order valence-corrected chi connectivity index (χ3v) is 6.47. The molecule has 4 aromatic rings. The van der Waals surface area contributed by atoms with E-state index in [9.17, 15) is 21.6 Å². The number of sulfonamides is 1. The van der Waals surface area contributed by atoms with Crippen LogP contribution in [0.15, 0.2) is 52.7 Å². The minimum Gasteiger partial charge on any atom is -0.211 e. The lowest BCUT2D eigenvalue weighted by Gasteiger charge is -2.08. The largest absolute Gasteiger partial charge is 0.246 e. The zero-order chi connectivity index (χ0) is 20.6. The normalized spacial score (nSPS) is 12.0. The van der Waals surface area contributed by atoms with Crippen molar-refractivity contribution < 1.29 is 21.6 Å². The molecule has 0 fully saturated rings. The molecule has 0 aliphatic heterocycles. The Morgan fingerprint density at radius 1 is 1.07 bits per heavy atom. The lowest BCUT2D eigenvalue weighted by Crippen LogP contribution is -2.28. The van der Waals surface area contributed by atoms with Gasteiger partial charge in [0.25, 0.3) is 0 Å². The summed E-state index contributed by atoms with van der Waals surface area (Å²) in [5.74, 6) is -2.39. The van der Waals surface area contributed by atoms with E-state index in [-0.39, 0.29) is 13.0 Å². The predicted octanol–water partition coefficient (Wildman–Crippen LogP) is 3.40. The summed E-state index contributed by atoms with van der Waals surface area (Å²) in [6.45, 7) is -0.100. The molecule has 150 valence electrons. The zero-order valence-electron chi connectivity index (χ0n) is 14.6. The van der Waals surface area contributed by atoms with Crippen LogP contribution in [0.1, 0.15) is 5.69 Å². The average Bonchev–Trinajstić information content (AvgIpc) is 3.23. The molecule has 0 saturated carbocycles. The van der Waals surface area contributed by atoms with Crippen LogP contribution in [-0.2, 0) is 16.4 Å². The van der Waals surface area contributed by atoms with E-state index in [1.54, 1.807) is 17.5 Å². The van der Waals surface area contributed by atoms with Crippen molar-refractivity contribution in [3.63, 3.8) is 0 Å². The second-order valence-electron chi connectivity index (χ2n) is 6.07. The van der Waals surface area contributed by atoms with Crippen LogP contribution in [0.4, 0.5) is 13.2 Å². The zero-order valence-corrected chi connectivity index (χ0v) is 16.3. The second kappa shape index (κ2) is 7.58. The molecular formula is C18H13F3N4O2S2. The molecule has 0 unspecified atom stereocenters. The van der Waals surface area contributed by atoms with Crippen molar-refractivity contribution in [1.29, 1.82) is 0 Å². The number of hydrogen-bond acceptors (Lipinski definition) is 5. The molecule has 0 spiro atoms. The number of rotatable bonds is 6. The fourth-order valence-electron chi connectivity index (χ4n) is 2.77. The van der Waals surface area contributed by atoms with Gasteiger partial charge in [-0.2, -0.15) is 4.98 Å². The van der Waals surface area contributed by atoms with Crippen LogP contribution in [0, 0.1) is 17.5 Å². The summed E-state index contributed by atoms with van der Waals surface area (Å²) >= 11 is 1.29. The Morgan fingerprint density at radius 2 is 1.79 bits per heavy atom. The molecule has 2 aromatic heterocycles. The first-order valence-corrected chi connectivity index (χ1v) is 10.7. The summed E-state index contributed by atoms with van der Waals surface area (Å²) < 4.78 is 69.1. The number of thiazole rings is 1.